The van der Waals surface area contributed by atoms with E-state index in [-0.39, 0.29) is 11.2 Å². The van der Waals surface area contributed by atoms with Gasteiger partial charge >= 0.3 is 0 Å². The summed E-state index contributed by atoms with van der Waals surface area (Å²) in [7, 11) is 0. The second-order valence-corrected chi connectivity index (χ2v) is 7.91. The van der Waals surface area contributed by atoms with Crippen LogP contribution in [-0.4, -0.2) is 42.4 Å². The van der Waals surface area contributed by atoms with Crippen LogP contribution in [0.2, 0.25) is 0 Å². The third kappa shape index (κ3) is 5.87. The number of hydrogen-bond acceptors (Lipinski definition) is 4. The fourth-order valence-corrected chi connectivity index (χ4v) is 3.86. The van der Waals surface area contributed by atoms with Crippen LogP contribution in [0.4, 0.5) is 0 Å². The van der Waals surface area contributed by atoms with Crippen molar-refractivity contribution in [2.45, 2.75) is 30.2 Å². The third-order valence-corrected chi connectivity index (χ3v) is 5.51. The molecule has 1 saturated heterocycles. The predicted octanol–water partition coefficient (Wildman–Crippen LogP) is 3.32. The van der Waals surface area contributed by atoms with Crippen molar-refractivity contribution in [1.29, 1.82) is 0 Å². The molecule has 1 aliphatic rings. The molecule has 1 aliphatic heterocycles. The third-order valence-electron chi connectivity index (χ3n) is 4.39. The maximum Gasteiger partial charge on any atom is 0.233 e. The van der Waals surface area contributed by atoms with Crippen LogP contribution in [0.3, 0.4) is 0 Å². The molecule has 1 atom stereocenters. The van der Waals surface area contributed by atoms with Crippen LogP contribution in [-0.2, 0) is 22.6 Å². The van der Waals surface area contributed by atoms with E-state index in [1.165, 1.54) is 5.56 Å². The zero-order valence-corrected chi connectivity index (χ0v) is 16.0. The van der Waals surface area contributed by atoms with Crippen LogP contribution >= 0.6 is 11.8 Å². The number of benzene rings is 2. The first kappa shape index (κ1) is 19.0. The van der Waals surface area contributed by atoms with E-state index in [0.29, 0.717) is 6.54 Å². The number of morpholine rings is 1. The number of carbonyl (C=O) groups is 1. The Kier molecular flexibility index (Phi) is 7.12. The molecule has 26 heavy (non-hydrogen) atoms. The van der Waals surface area contributed by atoms with Crippen molar-refractivity contribution in [3.8, 4) is 0 Å². The van der Waals surface area contributed by atoms with E-state index in [1.54, 1.807) is 11.8 Å². The molecule has 1 N–H and O–H groups in total. The van der Waals surface area contributed by atoms with E-state index < -0.39 is 0 Å². The summed E-state index contributed by atoms with van der Waals surface area (Å²) in [5.41, 5.74) is 2.42. The van der Waals surface area contributed by atoms with Gasteiger partial charge in [-0.05, 0) is 30.2 Å². The minimum absolute atomic E-state index is 0.0671. The first-order valence-electron chi connectivity index (χ1n) is 9.08. The lowest BCUT2D eigenvalue weighted by Gasteiger charge is -2.26. The van der Waals surface area contributed by atoms with Crippen LogP contribution < -0.4 is 5.32 Å². The van der Waals surface area contributed by atoms with Gasteiger partial charge in [0.25, 0.3) is 0 Å². The van der Waals surface area contributed by atoms with Gasteiger partial charge in [-0.2, -0.15) is 0 Å². The van der Waals surface area contributed by atoms with Crippen molar-refractivity contribution >= 4 is 17.7 Å². The number of hydrogen-bond donors (Lipinski definition) is 1. The van der Waals surface area contributed by atoms with Crippen molar-refractivity contribution in [3.05, 3.63) is 65.7 Å². The summed E-state index contributed by atoms with van der Waals surface area (Å²) in [5.74, 6) is 0.0671. The first-order valence-corrected chi connectivity index (χ1v) is 9.96. The molecule has 5 heteroatoms. The molecule has 138 valence electrons. The van der Waals surface area contributed by atoms with Gasteiger partial charge in [0.15, 0.2) is 0 Å². The van der Waals surface area contributed by atoms with E-state index in [1.807, 2.05) is 37.3 Å². The highest BCUT2D eigenvalue weighted by Gasteiger charge is 2.14. The van der Waals surface area contributed by atoms with Gasteiger partial charge in [-0.15, -0.1) is 11.8 Å². The SMILES string of the molecule is C[C@H](Sc1ccccc1)C(=O)NCc1cccc(CN2CCOCC2)c1. The molecule has 0 saturated carbocycles. The second kappa shape index (κ2) is 9.76. The molecule has 2 aromatic carbocycles. The van der Waals surface area contributed by atoms with Crippen LogP contribution in [0.25, 0.3) is 0 Å². The van der Waals surface area contributed by atoms with Crippen molar-refractivity contribution in [3.63, 3.8) is 0 Å². The van der Waals surface area contributed by atoms with E-state index in [2.05, 4.69) is 34.5 Å². The zero-order valence-electron chi connectivity index (χ0n) is 15.2. The lowest BCUT2D eigenvalue weighted by molar-refractivity contribution is -0.120. The lowest BCUT2D eigenvalue weighted by atomic mass is 10.1. The highest BCUT2D eigenvalue weighted by Crippen LogP contribution is 2.22. The quantitative estimate of drug-likeness (QED) is 0.759. The van der Waals surface area contributed by atoms with Gasteiger partial charge in [-0.3, -0.25) is 9.69 Å². The molecule has 3 rings (SSSR count). The summed E-state index contributed by atoms with van der Waals surface area (Å²) in [6.45, 7) is 7.03. The molecule has 4 nitrogen and oxygen atoms in total. The minimum Gasteiger partial charge on any atom is -0.379 e. The first-order chi connectivity index (χ1) is 12.7. The molecule has 0 unspecified atom stereocenters. The molecular weight excluding hydrogens is 344 g/mol. The summed E-state index contributed by atoms with van der Waals surface area (Å²) < 4.78 is 5.40. The molecule has 0 spiro atoms. The Morgan fingerprint density at radius 2 is 1.85 bits per heavy atom. The summed E-state index contributed by atoms with van der Waals surface area (Å²) in [6.07, 6.45) is 0. The standard InChI is InChI=1S/C21H26N2O2S/c1-17(26-20-8-3-2-4-9-20)21(24)22-15-18-6-5-7-19(14-18)16-23-10-12-25-13-11-23/h2-9,14,17H,10-13,15-16H2,1H3,(H,22,24)/t17-/m0/s1. The van der Waals surface area contributed by atoms with Crippen molar-refractivity contribution in [2.75, 3.05) is 26.3 Å². The molecule has 1 fully saturated rings. The maximum absolute atomic E-state index is 12.4. The van der Waals surface area contributed by atoms with Crippen LogP contribution in [0.5, 0.6) is 0 Å². The van der Waals surface area contributed by atoms with Crippen LogP contribution in [0.15, 0.2) is 59.5 Å². The smallest absolute Gasteiger partial charge is 0.233 e. The summed E-state index contributed by atoms with van der Waals surface area (Å²) in [5, 5.41) is 2.94. The van der Waals surface area contributed by atoms with Crippen molar-refractivity contribution in [1.82, 2.24) is 10.2 Å². The Bertz CT molecular complexity index is 702. The Morgan fingerprint density at radius 1 is 1.12 bits per heavy atom. The lowest BCUT2D eigenvalue weighted by Crippen LogP contribution is -2.35. The number of carbonyl (C=O) groups excluding carboxylic acids is 1. The van der Waals surface area contributed by atoms with Gasteiger partial charge < -0.3 is 10.1 Å². The average molecular weight is 371 g/mol. The molecule has 0 radical (unpaired) electrons. The minimum atomic E-state index is -0.117. The Hall–Kier alpha value is -1.82. The number of nitrogens with one attached hydrogen (secondary N) is 1. The highest BCUT2D eigenvalue weighted by molar-refractivity contribution is 8.00. The number of thioether (sulfide) groups is 1. The zero-order chi connectivity index (χ0) is 18.2. The number of rotatable bonds is 7. The molecular formula is C21H26N2O2S. The molecule has 0 aliphatic carbocycles. The number of ether oxygens (including phenoxy) is 1. The molecule has 1 amide bonds. The van der Waals surface area contributed by atoms with E-state index in [4.69, 9.17) is 4.74 Å². The summed E-state index contributed by atoms with van der Waals surface area (Å²) in [4.78, 5) is 15.9. The normalized spacial score (nSPS) is 16.2. The maximum atomic E-state index is 12.4. The molecule has 1 heterocycles. The average Bonchev–Trinajstić information content (AvgIpc) is 2.68. The topological polar surface area (TPSA) is 41.6 Å². The number of amides is 1. The summed E-state index contributed by atoms with van der Waals surface area (Å²) >= 11 is 1.58. The largest absolute Gasteiger partial charge is 0.379 e. The molecule has 0 bridgehead atoms. The molecule has 0 aromatic heterocycles. The van der Waals surface area contributed by atoms with Crippen LogP contribution in [0.1, 0.15) is 18.1 Å². The fourth-order valence-electron chi connectivity index (χ4n) is 2.95. The Balaban J connectivity index is 1.49. The van der Waals surface area contributed by atoms with Gasteiger partial charge in [0.2, 0.25) is 5.91 Å². The fraction of sp³-hybridized carbons (Fsp3) is 0.381. The Morgan fingerprint density at radius 3 is 2.62 bits per heavy atom. The highest BCUT2D eigenvalue weighted by atomic mass is 32.2. The van der Waals surface area contributed by atoms with Crippen molar-refractivity contribution < 1.29 is 9.53 Å². The van der Waals surface area contributed by atoms with Gasteiger partial charge in [0.1, 0.15) is 0 Å². The number of nitrogens with zero attached hydrogens (tertiary/aromatic N) is 1. The van der Waals surface area contributed by atoms with Crippen LogP contribution in [0, 0.1) is 0 Å². The van der Waals surface area contributed by atoms with Gasteiger partial charge in [-0.25, -0.2) is 0 Å². The predicted molar refractivity (Wildman–Crippen MR) is 106 cm³/mol. The Labute approximate surface area is 159 Å². The summed E-state index contributed by atoms with van der Waals surface area (Å²) in [6, 6.07) is 18.5. The van der Waals surface area contributed by atoms with Gasteiger partial charge in [0, 0.05) is 31.1 Å². The van der Waals surface area contributed by atoms with Crippen molar-refractivity contribution in [2.24, 2.45) is 0 Å². The molecule has 2 aromatic rings. The van der Waals surface area contributed by atoms with E-state index in [0.717, 1.165) is 43.3 Å². The van der Waals surface area contributed by atoms with E-state index in [9.17, 15) is 4.79 Å². The monoisotopic (exact) mass is 370 g/mol. The van der Waals surface area contributed by atoms with Gasteiger partial charge in [0.05, 0.1) is 18.5 Å². The van der Waals surface area contributed by atoms with E-state index >= 15 is 0 Å². The second-order valence-electron chi connectivity index (χ2n) is 6.50. The van der Waals surface area contributed by atoms with Gasteiger partial charge in [-0.1, -0.05) is 42.5 Å².